The van der Waals surface area contributed by atoms with E-state index >= 15 is 0 Å². The van der Waals surface area contributed by atoms with Crippen molar-refractivity contribution in [3.8, 4) is 0 Å². The highest BCUT2D eigenvalue weighted by atomic mass is 16.5. The van der Waals surface area contributed by atoms with E-state index in [1.807, 2.05) is 40.9 Å². The number of esters is 1. The fourth-order valence-electron chi connectivity index (χ4n) is 6.37. The van der Waals surface area contributed by atoms with Gasteiger partial charge in [-0.2, -0.15) is 0 Å². The summed E-state index contributed by atoms with van der Waals surface area (Å²) in [6, 6.07) is 31.7. The maximum atomic E-state index is 13.9. The lowest BCUT2D eigenvalue weighted by Crippen LogP contribution is -2.33. The molecular weight excluding hydrogens is 582 g/mol. The van der Waals surface area contributed by atoms with Crippen LogP contribution in [-0.4, -0.2) is 34.8 Å². The third kappa shape index (κ3) is 7.71. The number of aromatic nitrogens is 2. The number of nitrogens with zero attached hydrogens (tertiary/aromatic N) is 3. The number of quaternary nitrogens is 1. The molecule has 0 aliphatic heterocycles. The standard InChI is InChI=1S/C41H48N3O3/c1-7-47-39(45)13-10-11-37-38-12-8-9-26-43(38)41(42-37)40(46)33-18-24-36(25-19-33)44(6,34-20-14-31(15-21-34)27-29(2)3)35-22-16-32(17-23-35)28-30(4)5/h8-9,12,14-26,29-30H,7,10-11,13,27-28H2,1-6H3/q+1. The van der Waals surface area contributed by atoms with Crippen LogP contribution in [-0.2, 0) is 28.8 Å². The number of aryl methyl sites for hydroxylation is 1. The number of carbonyl (C=O) groups excluding carboxylic acids is 2. The molecule has 0 radical (unpaired) electrons. The van der Waals surface area contributed by atoms with Gasteiger partial charge in [0, 0.05) is 54.6 Å². The van der Waals surface area contributed by atoms with Crippen molar-refractivity contribution in [2.75, 3.05) is 13.7 Å². The van der Waals surface area contributed by atoms with Gasteiger partial charge in [0.1, 0.15) is 17.1 Å². The van der Waals surface area contributed by atoms with Gasteiger partial charge in [-0.15, -0.1) is 0 Å². The molecule has 0 saturated carbocycles. The molecule has 2 heterocycles. The van der Waals surface area contributed by atoms with Crippen LogP contribution >= 0.6 is 0 Å². The lowest BCUT2D eigenvalue weighted by Gasteiger charge is -2.33. The Kier molecular flexibility index (Phi) is 10.7. The summed E-state index contributed by atoms with van der Waals surface area (Å²) in [4.78, 5) is 30.6. The van der Waals surface area contributed by atoms with Gasteiger partial charge in [-0.25, -0.2) is 9.47 Å². The highest BCUT2D eigenvalue weighted by Gasteiger charge is 2.32. The van der Waals surface area contributed by atoms with Crippen LogP contribution in [0.15, 0.2) is 97.2 Å². The van der Waals surface area contributed by atoms with Crippen molar-refractivity contribution in [1.29, 1.82) is 0 Å². The second-order valence-corrected chi connectivity index (χ2v) is 13.4. The number of ketones is 1. The molecule has 0 bridgehead atoms. The van der Waals surface area contributed by atoms with E-state index in [0.29, 0.717) is 53.6 Å². The Bertz CT molecular complexity index is 1750. The number of hydrogen-bond donors (Lipinski definition) is 0. The summed E-state index contributed by atoms with van der Waals surface area (Å²) in [5.41, 5.74) is 8.28. The van der Waals surface area contributed by atoms with Gasteiger partial charge in [-0.3, -0.25) is 14.0 Å². The minimum Gasteiger partial charge on any atom is -0.466 e. The zero-order chi connectivity index (χ0) is 33.6. The Balaban J connectivity index is 1.47. The molecule has 0 N–H and O–H groups in total. The molecule has 0 amide bonds. The van der Waals surface area contributed by atoms with E-state index in [0.717, 1.165) is 41.1 Å². The number of hydrogen-bond acceptors (Lipinski definition) is 4. The second-order valence-electron chi connectivity index (χ2n) is 13.4. The maximum Gasteiger partial charge on any atom is 0.305 e. The molecule has 47 heavy (non-hydrogen) atoms. The smallest absolute Gasteiger partial charge is 0.305 e. The molecular formula is C41H48N3O3+. The minimum atomic E-state index is -0.212. The zero-order valence-corrected chi connectivity index (χ0v) is 28.7. The first kappa shape index (κ1) is 33.8. The van der Waals surface area contributed by atoms with E-state index in [1.165, 1.54) is 11.1 Å². The number of pyridine rings is 1. The summed E-state index contributed by atoms with van der Waals surface area (Å²) in [5.74, 6) is 1.20. The number of benzene rings is 3. The largest absolute Gasteiger partial charge is 0.466 e. The first-order valence-corrected chi connectivity index (χ1v) is 16.9. The third-order valence-corrected chi connectivity index (χ3v) is 8.77. The van der Waals surface area contributed by atoms with Crippen LogP contribution in [0.5, 0.6) is 0 Å². The Morgan fingerprint density at radius 2 is 1.30 bits per heavy atom. The van der Waals surface area contributed by atoms with Gasteiger partial charge in [0.05, 0.1) is 24.9 Å². The fraction of sp³-hybridized carbons (Fsp3) is 0.341. The molecule has 0 spiro atoms. The lowest BCUT2D eigenvalue weighted by molar-refractivity contribution is -0.143. The van der Waals surface area contributed by atoms with E-state index in [1.54, 1.807) is 6.92 Å². The van der Waals surface area contributed by atoms with E-state index in [4.69, 9.17) is 9.72 Å². The van der Waals surface area contributed by atoms with Crippen molar-refractivity contribution in [3.05, 3.63) is 125 Å². The third-order valence-electron chi connectivity index (χ3n) is 8.77. The van der Waals surface area contributed by atoms with Gasteiger partial charge in [0.15, 0.2) is 5.82 Å². The first-order valence-electron chi connectivity index (χ1n) is 16.9. The normalized spacial score (nSPS) is 11.8. The molecule has 244 valence electrons. The number of fused-ring (bicyclic) bond motifs is 1. The molecule has 5 aromatic rings. The van der Waals surface area contributed by atoms with E-state index in [-0.39, 0.29) is 11.8 Å². The molecule has 6 heteroatoms. The quantitative estimate of drug-likeness (QED) is 0.0697. The van der Waals surface area contributed by atoms with Gasteiger partial charge in [0.2, 0.25) is 5.78 Å². The average molecular weight is 631 g/mol. The highest BCUT2D eigenvalue weighted by molar-refractivity contribution is 6.07. The summed E-state index contributed by atoms with van der Waals surface area (Å²) in [5, 5.41) is 0. The molecule has 0 unspecified atom stereocenters. The number of imidazole rings is 1. The van der Waals surface area contributed by atoms with E-state index in [9.17, 15) is 9.59 Å². The highest BCUT2D eigenvalue weighted by Crippen LogP contribution is 2.42. The fourth-order valence-corrected chi connectivity index (χ4v) is 6.37. The average Bonchev–Trinajstić information content (AvgIpc) is 3.43. The van der Waals surface area contributed by atoms with Crippen LogP contribution in [0.4, 0.5) is 17.1 Å². The van der Waals surface area contributed by atoms with Crippen LogP contribution < -0.4 is 4.48 Å². The van der Waals surface area contributed by atoms with Crippen molar-refractivity contribution in [2.45, 2.75) is 66.7 Å². The van der Waals surface area contributed by atoms with Gasteiger partial charge < -0.3 is 4.74 Å². The second kappa shape index (κ2) is 14.9. The van der Waals surface area contributed by atoms with Crippen molar-refractivity contribution in [1.82, 2.24) is 13.9 Å². The van der Waals surface area contributed by atoms with Crippen molar-refractivity contribution in [3.63, 3.8) is 0 Å². The monoisotopic (exact) mass is 630 g/mol. The van der Waals surface area contributed by atoms with Crippen LogP contribution in [0.3, 0.4) is 0 Å². The lowest BCUT2D eigenvalue weighted by atomic mass is 10.0. The summed E-state index contributed by atoms with van der Waals surface area (Å²) >= 11 is 0. The predicted octanol–water partition coefficient (Wildman–Crippen LogP) is 9.45. The maximum absolute atomic E-state index is 13.9. The molecule has 0 aliphatic carbocycles. The van der Waals surface area contributed by atoms with Crippen LogP contribution in [0.2, 0.25) is 0 Å². The SMILES string of the molecule is CCOC(=O)CCCc1nc(C(=O)c2ccc([N+](C)(c3ccc(CC(C)C)cc3)c3ccc(CC(C)C)cc3)cc2)n2ccccc12. The van der Waals surface area contributed by atoms with Gasteiger partial charge in [-0.05, 0) is 79.8 Å². The summed E-state index contributed by atoms with van der Waals surface area (Å²) in [6.07, 6.45) is 5.47. The molecule has 3 aromatic carbocycles. The zero-order valence-electron chi connectivity index (χ0n) is 28.7. The topological polar surface area (TPSA) is 60.7 Å². The Labute approximate surface area is 279 Å². The molecule has 6 nitrogen and oxygen atoms in total. The van der Waals surface area contributed by atoms with Crippen molar-refractivity contribution in [2.24, 2.45) is 11.8 Å². The Morgan fingerprint density at radius 3 is 1.81 bits per heavy atom. The van der Waals surface area contributed by atoms with Crippen LogP contribution in [0, 0.1) is 11.8 Å². The molecule has 0 atom stereocenters. The number of carbonyl (C=O) groups is 2. The number of rotatable bonds is 14. The van der Waals surface area contributed by atoms with Crippen molar-refractivity contribution < 1.29 is 14.3 Å². The number of ether oxygens (including phenoxy) is 1. The van der Waals surface area contributed by atoms with Crippen molar-refractivity contribution >= 4 is 34.3 Å². The van der Waals surface area contributed by atoms with Crippen LogP contribution in [0.25, 0.3) is 5.52 Å². The predicted molar refractivity (Wildman–Crippen MR) is 192 cm³/mol. The van der Waals surface area contributed by atoms with E-state index < -0.39 is 0 Å². The van der Waals surface area contributed by atoms with Gasteiger partial charge in [-0.1, -0.05) is 58.0 Å². The molecule has 0 saturated heterocycles. The molecule has 2 aromatic heterocycles. The summed E-state index contributed by atoms with van der Waals surface area (Å²) in [6.45, 7) is 11.2. The molecule has 5 rings (SSSR count). The van der Waals surface area contributed by atoms with Gasteiger partial charge >= 0.3 is 5.97 Å². The van der Waals surface area contributed by atoms with E-state index in [2.05, 4.69) is 95.4 Å². The van der Waals surface area contributed by atoms with Gasteiger partial charge in [0.25, 0.3) is 0 Å². The Hall–Kier alpha value is -4.55. The summed E-state index contributed by atoms with van der Waals surface area (Å²) < 4.78 is 7.40. The minimum absolute atomic E-state index is 0.139. The summed E-state index contributed by atoms with van der Waals surface area (Å²) in [7, 11) is 2.22. The first-order chi connectivity index (χ1) is 22.6. The molecule has 0 aliphatic rings. The van der Waals surface area contributed by atoms with Crippen LogP contribution in [0.1, 0.15) is 80.5 Å². The molecule has 0 fully saturated rings. The Morgan fingerprint density at radius 1 is 0.766 bits per heavy atom.